The SMILES string of the molecule is C=CC1(C(=O)[O-])CS[C@@H]2C(NC(=O)C(=NOC(c3ccccc3)(c3ccccc3)c3ccccc3)c3csc(N)n3)C(=O)N2C1.[K+]. The average molecular weight is 678 g/mol. The molecule has 0 bridgehead atoms. The maximum absolute atomic E-state index is 13.9. The van der Waals surface area contributed by atoms with Crippen molar-refractivity contribution in [2.75, 3.05) is 18.0 Å². The Hall–Kier alpha value is -3.30. The third-order valence-corrected chi connectivity index (χ3v) is 10.2. The number of hydrogen-bond donors (Lipinski definition) is 2. The van der Waals surface area contributed by atoms with Crippen molar-refractivity contribution in [3.8, 4) is 0 Å². The van der Waals surface area contributed by atoms with Gasteiger partial charge in [-0.25, -0.2) is 4.98 Å². The maximum Gasteiger partial charge on any atom is 1.00 e. The van der Waals surface area contributed by atoms with Crippen LogP contribution < -0.4 is 67.5 Å². The maximum atomic E-state index is 13.9. The van der Waals surface area contributed by atoms with E-state index in [9.17, 15) is 19.5 Å². The minimum Gasteiger partial charge on any atom is -0.549 e. The third kappa shape index (κ3) is 6.20. The van der Waals surface area contributed by atoms with Gasteiger partial charge >= 0.3 is 51.4 Å². The number of anilines is 1. The molecule has 1 aromatic heterocycles. The summed E-state index contributed by atoms with van der Waals surface area (Å²) >= 11 is 2.38. The van der Waals surface area contributed by atoms with Gasteiger partial charge in [0.25, 0.3) is 5.91 Å². The van der Waals surface area contributed by atoms with Crippen LogP contribution in [0.1, 0.15) is 22.4 Å². The Balaban J connectivity index is 0.00000417. The van der Waals surface area contributed by atoms with Gasteiger partial charge in [0.1, 0.15) is 17.1 Å². The van der Waals surface area contributed by atoms with Crippen LogP contribution in [0, 0.1) is 5.41 Å². The molecule has 228 valence electrons. The van der Waals surface area contributed by atoms with Crippen molar-refractivity contribution in [2.24, 2.45) is 10.6 Å². The third-order valence-electron chi connectivity index (χ3n) is 7.98. The normalized spacial score (nSPS) is 20.8. The number of nitrogens with two attached hydrogens (primary N) is 1. The molecule has 3 atom stereocenters. The Labute approximate surface area is 316 Å². The molecule has 2 amide bonds. The number of benzene rings is 3. The van der Waals surface area contributed by atoms with E-state index >= 15 is 0 Å². The first-order valence-corrected chi connectivity index (χ1v) is 15.9. The number of carbonyl (C=O) groups excluding carboxylic acids is 3. The fraction of sp³-hybridized carbons (Fsp3) is 0.182. The summed E-state index contributed by atoms with van der Waals surface area (Å²) in [5.41, 5.74) is 5.63. The topological polar surface area (TPSA) is 150 Å². The first kappa shape index (κ1) is 34.0. The Morgan fingerprint density at radius 2 is 1.59 bits per heavy atom. The van der Waals surface area contributed by atoms with Crippen LogP contribution in [0.4, 0.5) is 5.13 Å². The molecular weight excluding hydrogens is 650 g/mol. The van der Waals surface area contributed by atoms with E-state index < -0.39 is 40.2 Å². The molecule has 10 nitrogen and oxygen atoms in total. The fourth-order valence-corrected chi connectivity index (χ4v) is 7.60. The first-order chi connectivity index (χ1) is 21.8. The first-order valence-electron chi connectivity index (χ1n) is 14.0. The molecule has 0 aliphatic carbocycles. The number of nitrogens with one attached hydrogen (secondary N) is 1. The molecule has 0 saturated carbocycles. The van der Waals surface area contributed by atoms with Gasteiger partial charge < -0.3 is 30.7 Å². The molecule has 13 heteroatoms. The van der Waals surface area contributed by atoms with Gasteiger partial charge in [0.15, 0.2) is 10.8 Å². The van der Waals surface area contributed by atoms with E-state index in [-0.39, 0.29) is 80.2 Å². The van der Waals surface area contributed by atoms with Crippen molar-refractivity contribution in [1.82, 2.24) is 15.2 Å². The second kappa shape index (κ2) is 14.2. The van der Waals surface area contributed by atoms with Gasteiger partial charge in [0.05, 0.1) is 11.4 Å². The smallest absolute Gasteiger partial charge is 0.549 e. The van der Waals surface area contributed by atoms with Crippen LogP contribution in [-0.2, 0) is 24.8 Å². The van der Waals surface area contributed by atoms with Crippen molar-refractivity contribution in [2.45, 2.75) is 17.0 Å². The van der Waals surface area contributed by atoms with Crippen LogP contribution in [0.25, 0.3) is 0 Å². The van der Waals surface area contributed by atoms with E-state index in [1.807, 2.05) is 91.0 Å². The Morgan fingerprint density at radius 3 is 2.04 bits per heavy atom. The number of thiazole rings is 1. The van der Waals surface area contributed by atoms with Crippen molar-refractivity contribution in [3.63, 3.8) is 0 Å². The number of aromatic nitrogens is 1. The van der Waals surface area contributed by atoms with Gasteiger partial charge in [-0.1, -0.05) is 102 Å². The van der Waals surface area contributed by atoms with E-state index in [0.717, 1.165) is 28.0 Å². The summed E-state index contributed by atoms with van der Waals surface area (Å²) < 4.78 is 0. The zero-order valence-electron chi connectivity index (χ0n) is 24.9. The number of rotatable bonds is 10. The van der Waals surface area contributed by atoms with Crippen LogP contribution >= 0.6 is 23.1 Å². The number of carboxylic acid groups (broad SMARTS) is 1. The zero-order chi connectivity index (χ0) is 31.6. The number of oxime groups is 1. The van der Waals surface area contributed by atoms with E-state index in [0.29, 0.717) is 0 Å². The number of aliphatic carboxylic acids is 1. The molecule has 6 rings (SSSR count). The number of nitrogen functional groups attached to an aromatic ring is 1. The monoisotopic (exact) mass is 677 g/mol. The van der Waals surface area contributed by atoms with E-state index in [2.05, 4.69) is 22.0 Å². The molecule has 0 radical (unpaired) electrons. The van der Waals surface area contributed by atoms with Gasteiger partial charge in [-0.05, 0) is 0 Å². The van der Waals surface area contributed by atoms with Crippen molar-refractivity contribution in [1.29, 1.82) is 0 Å². The molecule has 2 unspecified atom stereocenters. The summed E-state index contributed by atoms with van der Waals surface area (Å²) in [5.74, 6) is -2.25. The summed E-state index contributed by atoms with van der Waals surface area (Å²) in [6, 6.07) is 27.7. The number of nitrogens with zero attached hydrogens (tertiary/aromatic N) is 3. The Bertz CT molecular complexity index is 1680. The number of carbonyl (C=O) groups is 3. The van der Waals surface area contributed by atoms with Gasteiger partial charge in [-0.2, -0.15) is 0 Å². The van der Waals surface area contributed by atoms with Gasteiger partial charge in [0.2, 0.25) is 11.5 Å². The summed E-state index contributed by atoms with van der Waals surface area (Å²) in [6.45, 7) is 3.55. The summed E-state index contributed by atoms with van der Waals surface area (Å²) in [7, 11) is 0. The van der Waals surface area contributed by atoms with Crippen LogP contribution in [0.15, 0.2) is 114 Å². The van der Waals surface area contributed by atoms with Crippen LogP contribution in [0.2, 0.25) is 0 Å². The largest absolute Gasteiger partial charge is 1.00 e. The second-order valence-corrected chi connectivity index (χ2v) is 12.6. The summed E-state index contributed by atoms with van der Waals surface area (Å²) in [6.07, 6.45) is 1.30. The van der Waals surface area contributed by atoms with E-state index in [4.69, 9.17) is 10.6 Å². The van der Waals surface area contributed by atoms with Crippen LogP contribution in [0.3, 0.4) is 0 Å². The van der Waals surface area contributed by atoms with Gasteiger partial charge in [0, 0.05) is 34.4 Å². The number of amides is 2. The van der Waals surface area contributed by atoms with E-state index in [1.54, 1.807) is 5.38 Å². The number of β-lactam (4-membered cyclic amide) rings is 1. The summed E-state index contributed by atoms with van der Waals surface area (Å²) in [4.78, 5) is 51.1. The van der Waals surface area contributed by atoms with Crippen molar-refractivity contribution < 1.29 is 75.7 Å². The van der Waals surface area contributed by atoms with Crippen LogP contribution in [0.5, 0.6) is 0 Å². The molecule has 0 spiro atoms. The van der Waals surface area contributed by atoms with Crippen molar-refractivity contribution >= 4 is 51.7 Å². The molecule has 3 aromatic carbocycles. The second-order valence-electron chi connectivity index (χ2n) is 10.6. The molecule has 4 aromatic rings. The number of fused-ring (bicyclic) bond motifs is 1. The molecule has 3 N–H and O–H groups in total. The number of thioether (sulfide) groups is 1. The predicted octanol–water partition coefficient (Wildman–Crippen LogP) is -0.236. The molecule has 2 aliphatic heterocycles. The van der Waals surface area contributed by atoms with E-state index in [1.165, 1.54) is 22.7 Å². The number of carboxylic acids is 1. The Kier molecular flexibility index (Phi) is 10.5. The average Bonchev–Trinajstić information content (AvgIpc) is 3.51. The Morgan fingerprint density at radius 1 is 1.04 bits per heavy atom. The molecule has 46 heavy (non-hydrogen) atoms. The molecule has 3 heterocycles. The van der Waals surface area contributed by atoms with Gasteiger partial charge in [-0.3, -0.25) is 9.59 Å². The number of hydrogen-bond acceptors (Lipinski definition) is 10. The predicted molar refractivity (Wildman–Crippen MR) is 171 cm³/mol. The standard InChI is InChI=1S/C33H29N5O5S2.K/c1-2-32(30(41)42)19-38-28(40)26(29(38)45-20-32)36-27(39)25(24-18-44-31(34)35-24)37-43-33(21-12-6-3-7-13-21,22-14-8-4-9-15-22)23-16-10-5-11-17-23;/h2-18,26,29H,1,19-20H2,(H2,34,35)(H,36,39)(H,41,42);/q;+1/p-1/t26?,29-,32?;/m1./s1. The minimum atomic E-state index is -1.36. The van der Waals surface area contributed by atoms with Crippen molar-refractivity contribution in [3.05, 3.63) is 131 Å². The van der Waals surface area contributed by atoms with Crippen LogP contribution in [-0.4, -0.2) is 57.1 Å². The van der Waals surface area contributed by atoms with Gasteiger partial charge in [-0.15, -0.1) is 29.7 Å². The molecule has 2 fully saturated rings. The molecule has 2 saturated heterocycles. The molecular formula is C33H28KN5O5S2. The quantitative estimate of drug-likeness (QED) is 0.0584. The fourth-order valence-electron chi connectivity index (χ4n) is 5.53. The molecule has 2 aliphatic rings. The summed E-state index contributed by atoms with van der Waals surface area (Å²) in [5, 5.41) is 20.4. The zero-order valence-corrected chi connectivity index (χ0v) is 29.6. The minimum absolute atomic E-state index is 0.